The molecule has 2 N–H and O–H groups in total. The van der Waals surface area contributed by atoms with Crippen LogP contribution in [0.2, 0.25) is 0 Å². The molecule has 4 aliphatic rings. The van der Waals surface area contributed by atoms with Crippen LogP contribution in [0, 0.1) is 33.6 Å². The quantitative estimate of drug-likeness (QED) is 0.183. The Morgan fingerprint density at radius 3 is 2.52 bits per heavy atom. The third kappa shape index (κ3) is 4.54. The van der Waals surface area contributed by atoms with E-state index in [0.29, 0.717) is 13.0 Å². The van der Waals surface area contributed by atoms with Crippen molar-refractivity contribution in [2.75, 3.05) is 17.2 Å². The Bertz CT molecular complexity index is 1810. The number of ether oxygens (including phenoxy) is 1. The van der Waals surface area contributed by atoms with Gasteiger partial charge in [-0.2, -0.15) is 0 Å². The minimum atomic E-state index is -0.368. The maximum Gasteiger partial charge on any atom is 0.269 e. The maximum absolute atomic E-state index is 15.5. The fourth-order valence-electron chi connectivity index (χ4n) is 7.83. The second-order valence-electron chi connectivity index (χ2n) is 12.2. The van der Waals surface area contributed by atoms with Gasteiger partial charge in [0.1, 0.15) is 11.6 Å². The van der Waals surface area contributed by atoms with Crippen molar-refractivity contribution in [3.05, 3.63) is 135 Å². The van der Waals surface area contributed by atoms with Gasteiger partial charge in [-0.3, -0.25) is 15.1 Å². The van der Waals surface area contributed by atoms with Gasteiger partial charge in [-0.05, 0) is 102 Å². The number of nitro benzene ring substituents is 1. The predicted octanol–water partition coefficient (Wildman–Crippen LogP) is 8.26. The summed E-state index contributed by atoms with van der Waals surface area (Å²) in [7, 11) is 0. The minimum absolute atomic E-state index is 0.0272. The Labute approximate surface area is 253 Å². The molecule has 3 aliphatic heterocycles. The van der Waals surface area contributed by atoms with Crippen LogP contribution in [0.1, 0.15) is 71.2 Å². The Morgan fingerprint density at radius 1 is 0.886 bits per heavy atom. The fourth-order valence-corrected chi connectivity index (χ4v) is 7.83. The molecule has 1 aliphatic carbocycles. The second kappa shape index (κ2) is 10.5. The van der Waals surface area contributed by atoms with E-state index in [0.717, 1.165) is 57.6 Å². The van der Waals surface area contributed by atoms with E-state index in [1.807, 2.05) is 18.3 Å². The van der Waals surface area contributed by atoms with Gasteiger partial charge < -0.3 is 15.4 Å². The Balaban J connectivity index is 1.19. The van der Waals surface area contributed by atoms with Crippen molar-refractivity contribution in [1.82, 2.24) is 4.98 Å². The van der Waals surface area contributed by atoms with E-state index >= 15 is 4.39 Å². The summed E-state index contributed by atoms with van der Waals surface area (Å²) in [6, 6.07) is 18.6. The SMILES string of the molecule is O=[N+]([O-])c1ccc2c(c1)C1C=C(c3cc(F)cc(C4Nc5ccc(F)cc5C5OCCCC45)c3)CC1C(c1cccnc1)N2. The first-order chi connectivity index (χ1) is 21.4. The molecular formula is C35H30F2N4O3. The van der Waals surface area contributed by atoms with Gasteiger partial charge in [0.2, 0.25) is 0 Å². The lowest BCUT2D eigenvalue weighted by Gasteiger charge is -2.43. The largest absolute Gasteiger partial charge is 0.378 e. The summed E-state index contributed by atoms with van der Waals surface area (Å²) in [5.41, 5.74) is 7.05. The second-order valence-corrected chi connectivity index (χ2v) is 12.2. The number of hydrogen-bond donors (Lipinski definition) is 2. The standard InChI is InChI=1S/C35H30F2N4O3/c36-23-5-7-32-30(16-23)35-26(4-2-10-44-35)34(40-32)22-11-20(12-24(37)13-22)21-14-27-28-17-25(41(42)43)6-8-31(28)39-33(29(27)15-21)19-3-1-9-38-18-19/h1,3,5-9,11-14,16-18,26-27,29,33-35,39-40H,2,4,10,15H2. The highest BCUT2D eigenvalue weighted by molar-refractivity contribution is 5.74. The normalized spacial score (nSPS) is 26.6. The van der Waals surface area contributed by atoms with E-state index in [-0.39, 0.29) is 58.2 Å². The van der Waals surface area contributed by atoms with Gasteiger partial charge in [-0.15, -0.1) is 0 Å². The number of allylic oxidation sites excluding steroid dienone is 2. The molecule has 1 saturated heterocycles. The molecule has 4 heterocycles. The highest BCUT2D eigenvalue weighted by Crippen LogP contribution is 2.55. The summed E-state index contributed by atoms with van der Waals surface area (Å²) in [6.07, 6.45) is 7.92. The van der Waals surface area contributed by atoms with Crippen molar-refractivity contribution in [3.63, 3.8) is 0 Å². The fraction of sp³-hybridized carbons (Fsp3) is 0.286. The van der Waals surface area contributed by atoms with Crippen molar-refractivity contribution >= 4 is 22.6 Å². The van der Waals surface area contributed by atoms with Gasteiger partial charge in [0, 0.05) is 59.9 Å². The molecule has 9 heteroatoms. The Morgan fingerprint density at radius 2 is 1.70 bits per heavy atom. The molecule has 0 saturated carbocycles. The third-order valence-electron chi connectivity index (χ3n) is 9.76. The molecule has 7 nitrogen and oxygen atoms in total. The minimum Gasteiger partial charge on any atom is -0.378 e. The molecule has 0 spiro atoms. The lowest BCUT2D eigenvalue weighted by molar-refractivity contribution is -0.384. The highest BCUT2D eigenvalue weighted by atomic mass is 19.1. The van der Waals surface area contributed by atoms with Gasteiger partial charge in [-0.25, -0.2) is 8.78 Å². The van der Waals surface area contributed by atoms with E-state index in [1.165, 1.54) is 12.1 Å². The van der Waals surface area contributed by atoms with Gasteiger partial charge in [-0.1, -0.05) is 12.1 Å². The van der Waals surface area contributed by atoms with Crippen molar-refractivity contribution < 1.29 is 18.4 Å². The van der Waals surface area contributed by atoms with E-state index in [4.69, 9.17) is 4.74 Å². The number of halogens is 2. The molecule has 8 rings (SSSR count). The summed E-state index contributed by atoms with van der Waals surface area (Å²) >= 11 is 0. The molecule has 44 heavy (non-hydrogen) atoms. The number of pyridine rings is 1. The molecule has 222 valence electrons. The number of fused-ring (bicyclic) bond motifs is 6. The topological polar surface area (TPSA) is 89.3 Å². The Hall–Kier alpha value is -4.63. The van der Waals surface area contributed by atoms with Gasteiger partial charge in [0.05, 0.1) is 23.1 Å². The van der Waals surface area contributed by atoms with E-state index in [2.05, 4.69) is 27.8 Å². The molecule has 1 fully saturated rings. The lowest BCUT2D eigenvalue weighted by Crippen LogP contribution is -2.36. The van der Waals surface area contributed by atoms with E-state index in [9.17, 15) is 14.5 Å². The molecule has 0 radical (unpaired) electrons. The summed E-state index contributed by atoms with van der Waals surface area (Å²) in [5.74, 6) is -0.638. The zero-order chi connectivity index (χ0) is 29.9. The number of anilines is 2. The molecule has 0 bridgehead atoms. The summed E-state index contributed by atoms with van der Waals surface area (Å²) in [5, 5.41) is 18.9. The van der Waals surface area contributed by atoms with Gasteiger partial charge >= 0.3 is 0 Å². The number of nitrogens with zero attached hydrogens (tertiary/aromatic N) is 2. The molecule has 1 aromatic heterocycles. The smallest absolute Gasteiger partial charge is 0.269 e. The first-order valence-corrected chi connectivity index (χ1v) is 15.1. The zero-order valence-electron chi connectivity index (χ0n) is 23.8. The first-order valence-electron chi connectivity index (χ1n) is 15.1. The number of rotatable bonds is 4. The van der Waals surface area contributed by atoms with Crippen LogP contribution in [-0.4, -0.2) is 16.5 Å². The Kier molecular flexibility index (Phi) is 6.45. The van der Waals surface area contributed by atoms with E-state index < -0.39 is 0 Å². The molecular weight excluding hydrogens is 562 g/mol. The van der Waals surface area contributed by atoms with Crippen molar-refractivity contribution in [1.29, 1.82) is 0 Å². The number of hydrogen-bond acceptors (Lipinski definition) is 6. The zero-order valence-corrected chi connectivity index (χ0v) is 23.8. The summed E-state index contributed by atoms with van der Waals surface area (Å²) < 4.78 is 35.8. The number of non-ortho nitro benzene ring substituents is 1. The van der Waals surface area contributed by atoms with Crippen LogP contribution >= 0.6 is 0 Å². The average Bonchev–Trinajstić information content (AvgIpc) is 3.50. The molecule has 3 aromatic carbocycles. The molecule has 4 aromatic rings. The monoisotopic (exact) mass is 592 g/mol. The predicted molar refractivity (Wildman–Crippen MR) is 163 cm³/mol. The van der Waals surface area contributed by atoms with Crippen molar-refractivity contribution in [3.8, 4) is 0 Å². The number of benzene rings is 3. The van der Waals surface area contributed by atoms with Crippen LogP contribution in [-0.2, 0) is 4.74 Å². The van der Waals surface area contributed by atoms with Crippen LogP contribution in [0.25, 0.3) is 5.57 Å². The first kappa shape index (κ1) is 27.0. The third-order valence-corrected chi connectivity index (χ3v) is 9.76. The molecule has 6 unspecified atom stereocenters. The summed E-state index contributed by atoms with van der Waals surface area (Å²) in [6.45, 7) is 0.611. The maximum atomic E-state index is 15.5. The molecule has 6 atom stereocenters. The van der Waals surface area contributed by atoms with Crippen molar-refractivity contribution in [2.45, 2.75) is 43.4 Å². The van der Waals surface area contributed by atoms with Gasteiger partial charge in [0.15, 0.2) is 0 Å². The van der Waals surface area contributed by atoms with Crippen LogP contribution in [0.4, 0.5) is 25.8 Å². The van der Waals surface area contributed by atoms with Crippen LogP contribution < -0.4 is 10.6 Å². The number of nitrogens with one attached hydrogen (secondary N) is 2. The number of nitro groups is 1. The van der Waals surface area contributed by atoms with Gasteiger partial charge in [0.25, 0.3) is 5.69 Å². The van der Waals surface area contributed by atoms with Crippen LogP contribution in [0.3, 0.4) is 0 Å². The van der Waals surface area contributed by atoms with Crippen LogP contribution in [0.5, 0.6) is 0 Å². The average molecular weight is 593 g/mol. The lowest BCUT2D eigenvalue weighted by atomic mass is 9.76. The molecule has 0 amide bonds. The highest BCUT2D eigenvalue weighted by Gasteiger charge is 2.43. The van der Waals surface area contributed by atoms with Crippen LogP contribution in [0.15, 0.2) is 85.2 Å². The number of aromatic nitrogens is 1. The summed E-state index contributed by atoms with van der Waals surface area (Å²) in [4.78, 5) is 15.6. The van der Waals surface area contributed by atoms with E-state index in [1.54, 1.807) is 42.6 Å². The van der Waals surface area contributed by atoms with Crippen molar-refractivity contribution in [2.24, 2.45) is 11.8 Å².